The molecule has 8 nitrogen and oxygen atoms in total. The molecule has 0 spiro atoms. The van der Waals surface area contributed by atoms with E-state index in [4.69, 9.17) is 10.5 Å². The van der Waals surface area contributed by atoms with E-state index in [0.29, 0.717) is 22.2 Å². The summed E-state index contributed by atoms with van der Waals surface area (Å²) in [6, 6.07) is 12.2. The summed E-state index contributed by atoms with van der Waals surface area (Å²) in [6.07, 6.45) is 2.38. The highest BCUT2D eigenvalue weighted by molar-refractivity contribution is 6.07. The average Bonchev–Trinajstić information content (AvgIpc) is 3.16. The molecule has 10 heteroatoms. The van der Waals surface area contributed by atoms with E-state index in [-0.39, 0.29) is 23.3 Å². The summed E-state index contributed by atoms with van der Waals surface area (Å²) in [4.78, 5) is 16.2. The highest BCUT2D eigenvalue weighted by Gasteiger charge is 2.23. The number of aryl methyl sites for hydroxylation is 2. The van der Waals surface area contributed by atoms with Gasteiger partial charge < -0.3 is 20.4 Å². The van der Waals surface area contributed by atoms with Gasteiger partial charge in [-0.15, -0.1) is 0 Å². The Morgan fingerprint density at radius 1 is 0.971 bits per heavy atom. The van der Waals surface area contributed by atoms with Crippen LogP contribution in [-0.4, -0.2) is 31.6 Å². The normalized spacial score (nSPS) is 11.1. The Hall–Kier alpha value is -4.60. The summed E-state index contributed by atoms with van der Waals surface area (Å²) >= 11 is 0. The molecule has 3 N–H and O–H groups in total. The predicted octanol–water partition coefficient (Wildman–Crippen LogP) is 5.10. The van der Waals surface area contributed by atoms with E-state index < -0.39 is 11.6 Å². The molecule has 0 fully saturated rings. The zero-order valence-electron chi connectivity index (χ0n) is 19.2. The van der Waals surface area contributed by atoms with Crippen LogP contribution < -0.4 is 15.8 Å². The fraction of sp³-hybridized carbons (Fsp3) is 0.120. The molecule has 3 aromatic heterocycles. The van der Waals surface area contributed by atoms with Gasteiger partial charge in [0.1, 0.15) is 17.8 Å². The second kappa shape index (κ2) is 8.64. The van der Waals surface area contributed by atoms with Crippen molar-refractivity contribution in [3.8, 4) is 34.1 Å². The van der Waals surface area contributed by atoms with Gasteiger partial charge in [0.05, 0.1) is 23.0 Å². The van der Waals surface area contributed by atoms with Crippen molar-refractivity contribution in [2.45, 2.75) is 6.92 Å². The molecule has 2 aromatic carbocycles. The summed E-state index contributed by atoms with van der Waals surface area (Å²) in [5.74, 6) is -1.02. The van der Waals surface area contributed by atoms with E-state index >= 15 is 4.39 Å². The standard InChI is InChI=1S/C25H21F2N7O/c1-13-18(27)11-30-25(33-13)35-19-9-6-15(10-17(19)26)20-21-23(28)31-12-32-24(21)34(3)22(20)14-4-7-16(29-2)8-5-14/h4-12,29H,1-3H3,(H2,28,31,32). The quantitative estimate of drug-likeness (QED) is 0.366. The smallest absolute Gasteiger partial charge is 0.322 e. The second-order valence-electron chi connectivity index (χ2n) is 7.90. The van der Waals surface area contributed by atoms with E-state index in [1.54, 1.807) is 6.07 Å². The van der Waals surface area contributed by atoms with Gasteiger partial charge in [0.15, 0.2) is 17.4 Å². The topological polar surface area (TPSA) is 104 Å². The number of ether oxygens (including phenoxy) is 1. The van der Waals surface area contributed by atoms with Gasteiger partial charge in [0, 0.05) is 25.3 Å². The fourth-order valence-electron chi connectivity index (χ4n) is 4.01. The highest BCUT2D eigenvalue weighted by Crippen LogP contribution is 2.42. The first-order chi connectivity index (χ1) is 16.9. The molecule has 35 heavy (non-hydrogen) atoms. The van der Waals surface area contributed by atoms with Crippen LogP contribution in [0.2, 0.25) is 0 Å². The molecule has 0 amide bonds. The lowest BCUT2D eigenvalue weighted by molar-refractivity contribution is 0.405. The van der Waals surface area contributed by atoms with Crippen molar-refractivity contribution >= 4 is 22.5 Å². The third-order valence-corrected chi connectivity index (χ3v) is 5.76. The van der Waals surface area contributed by atoms with Gasteiger partial charge in [0.25, 0.3) is 0 Å². The van der Waals surface area contributed by atoms with Gasteiger partial charge in [-0.2, -0.15) is 4.98 Å². The molecule has 0 atom stereocenters. The molecule has 0 saturated carbocycles. The molecule has 0 radical (unpaired) electrons. The summed E-state index contributed by atoms with van der Waals surface area (Å²) in [7, 11) is 3.72. The SMILES string of the molecule is CNc1ccc(-c2c(-c3ccc(Oc4ncc(F)c(C)n4)c(F)c3)c3c(N)ncnc3n2C)cc1. The Morgan fingerprint density at radius 3 is 2.40 bits per heavy atom. The summed E-state index contributed by atoms with van der Waals surface area (Å²) < 4.78 is 36.0. The van der Waals surface area contributed by atoms with E-state index in [2.05, 4.69) is 25.3 Å². The average molecular weight is 473 g/mol. The first kappa shape index (κ1) is 22.2. The lowest BCUT2D eigenvalue weighted by Crippen LogP contribution is -1.98. The maximum absolute atomic E-state index is 15.2. The molecule has 0 aliphatic rings. The number of anilines is 2. The summed E-state index contributed by atoms with van der Waals surface area (Å²) in [6.45, 7) is 1.47. The minimum atomic E-state index is -0.642. The van der Waals surface area contributed by atoms with Crippen molar-refractivity contribution in [1.82, 2.24) is 24.5 Å². The van der Waals surface area contributed by atoms with Crippen molar-refractivity contribution in [3.63, 3.8) is 0 Å². The van der Waals surface area contributed by atoms with Crippen LogP contribution in [0.5, 0.6) is 11.8 Å². The van der Waals surface area contributed by atoms with Crippen LogP contribution >= 0.6 is 0 Å². The van der Waals surface area contributed by atoms with E-state index in [1.165, 1.54) is 25.4 Å². The maximum Gasteiger partial charge on any atom is 0.322 e. The Bertz CT molecular complexity index is 1570. The Morgan fingerprint density at radius 2 is 1.71 bits per heavy atom. The number of nitrogens with one attached hydrogen (secondary N) is 1. The molecular formula is C25H21F2N7O. The van der Waals surface area contributed by atoms with Crippen LogP contribution in [-0.2, 0) is 7.05 Å². The molecule has 0 bridgehead atoms. The lowest BCUT2D eigenvalue weighted by Gasteiger charge is -2.11. The number of fused-ring (bicyclic) bond motifs is 1. The number of nitrogens with zero attached hydrogens (tertiary/aromatic N) is 5. The minimum absolute atomic E-state index is 0.0934. The highest BCUT2D eigenvalue weighted by atomic mass is 19.1. The number of hydrogen-bond donors (Lipinski definition) is 2. The Balaban J connectivity index is 1.65. The molecule has 0 saturated heterocycles. The Kier molecular flexibility index (Phi) is 5.48. The predicted molar refractivity (Wildman–Crippen MR) is 130 cm³/mol. The summed E-state index contributed by atoms with van der Waals surface area (Å²) in [5, 5.41) is 3.72. The van der Waals surface area contributed by atoms with E-state index in [0.717, 1.165) is 23.1 Å². The molecular weight excluding hydrogens is 452 g/mol. The van der Waals surface area contributed by atoms with Crippen molar-refractivity contribution in [2.75, 3.05) is 18.1 Å². The minimum Gasteiger partial charge on any atom is -0.421 e. The molecule has 5 aromatic rings. The van der Waals surface area contributed by atoms with Crippen LogP contribution in [0.15, 0.2) is 55.0 Å². The number of halogens is 2. The van der Waals surface area contributed by atoms with Crippen molar-refractivity contribution in [3.05, 3.63) is 72.3 Å². The maximum atomic E-state index is 15.2. The van der Waals surface area contributed by atoms with Crippen LogP contribution in [0.3, 0.4) is 0 Å². The monoisotopic (exact) mass is 473 g/mol. The van der Waals surface area contributed by atoms with Crippen LogP contribution in [0, 0.1) is 18.6 Å². The molecule has 0 aliphatic heterocycles. The van der Waals surface area contributed by atoms with Crippen LogP contribution in [0.25, 0.3) is 33.4 Å². The van der Waals surface area contributed by atoms with Gasteiger partial charge in [-0.25, -0.2) is 23.7 Å². The van der Waals surface area contributed by atoms with E-state index in [1.807, 2.05) is 42.9 Å². The zero-order valence-corrected chi connectivity index (χ0v) is 19.2. The largest absolute Gasteiger partial charge is 0.421 e. The molecule has 0 aliphatic carbocycles. The number of hydrogen-bond acceptors (Lipinski definition) is 7. The van der Waals surface area contributed by atoms with Crippen LogP contribution in [0.4, 0.5) is 20.3 Å². The second-order valence-corrected chi connectivity index (χ2v) is 7.90. The van der Waals surface area contributed by atoms with Gasteiger partial charge in [0.2, 0.25) is 0 Å². The van der Waals surface area contributed by atoms with Crippen molar-refractivity contribution in [2.24, 2.45) is 7.05 Å². The van der Waals surface area contributed by atoms with Gasteiger partial charge in [-0.3, -0.25) is 0 Å². The molecule has 3 heterocycles. The number of aromatic nitrogens is 5. The number of benzene rings is 2. The third kappa shape index (κ3) is 3.88. The van der Waals surface area contributed by atoms with Gasteiger partial charge >= 0.3 is 6.01 Å². The fourth-order valence-corrected chi connectivity index (χ4v) is 4.01. The van der Waals surface area contributed by atoms with Crippen LogP contribution in [0.1, 0.15) is 5.69 Å². The molecule has 5 rings (SSSR count). The number of nitrogen functional groups attached to an aromatic ring is 1. The molecule has 176 valence electrons. The van der Waals surface area contributed by atoms with Gasteiger partial charge in [-0.1, -0.05) is 18.2 Å². The first-order valence-corrected chi connectivity index (χ1v) is 10.7. The van der Waals surface area contributed by atoms with Gasteiger partial charge in [-0.05, 0) is 42.3 Å². The Labute approximate surface area is 199 Å². The van der Waals surface area contributed by atoms with E-state index in [9.17, 15) is 4.39 Å². The summed E-state index contributed by atoms with van der Waals surface area (Å²) in [5.41, 5.74) is 10.9. The first-order valence-electron chi connectivity index (χ1n) is 10.7. The van der Waals surface area contributed by atoms with Crippen molar-refractivity contribution < 1.29 is 13.5 Å². The zero-order chi connectivity index (χ0) is 24.7. The molecule has 0 unspecified atom stereocenters. The third-order valence-electron chi connectivity index (χ3n) is 5.76. The lowest BCUT2D eigenvalue weighted by atomic mass is 9.98. The number of nitrogens with two attached hydrogens (primary N) is 1. The van der Waals surface area contributed by atoms with Crippen molar-refractivity contribution in [1.29, 1.82) is 0 Å². The number of rotatable bonds is 5.